The van der Waals surface area contributed by atoms with Gasteiger partial charge in [0.2, 0.25) is 0 Å². The minimum atomic E-state index is 0.224. The van der Waals surface area contributed by atoms with Gasteiger partial charge in [-0.25, -0.2) is 0 Å². The Morgan fingerprint density at radius 1 is 0.615 bits per heavy atom. The standard InChI is InChI=1S/C10H21O3/c11-7-1-4-10(5-2-8-12)6-3-9-13/h11-13H,1-9H2. The Morgan fingerprint density at radius 3 is 1.15 bits per heavy atom. The molecule has 0 aliphatic carbocycles. The second-order valence-corrected chi connectivity index (χ2v) is 3.23. The zero-order valence-electron chi connectivity index (χ0n) is 8.21. The van der Waals surface area contributed by atoms with E-state index < -0.39 is 0 Å². The lowest BCUT2D eigenvalue weighted by atomic mass is 9.93. The number of aliphatic hydroxyl groups excluding tert-OH is 3. The zero-order chi connectivity index (χ0) is 9.94. The third-order valence-corrected chi connectivity index (χ3v) is 2.07. The second kappa shape index (κ2) is 9.96. The van der Waals surface area contributed by atoms with E-state index in [2.05, 4.69) is 0 Å². The van der Waals surface area contributed by atoms with Crippen LogP contribution in [0.5, 0.6) is 0 Å². The highest BCUT2D eigenvalue weighted by Gasteiger charge is 2.07. The predicted molar refractivity (Wildman–Crippen MR) is 52.2 cm³/mol. The van der Waals surface area contributed by atoms with Crippen LogP contribution in [0.25, 0.3) is 0 Å². The van der Waals surface area contributed by atoms with Crippen molar-refractivity contribution in [2.75, 3.05) is 19.8 Å². The van der Waals surface area contributed by atoms with Crippen molar-refractivity contribution in [1.29, 1.82) is 0 Å². The molecular weight excluding hydrogens is 168 g/mol. The molecule has 1 radical (unpaired) electrons. The summed E-state index contributed by atoms with van der Waals surface area (Å²) < 4.78 is 0. The summed E-state index contributed by atoms with van der Waals surface area (Å²) >= 11 is 0. The van der Waals surface area contributed by atoms with Gasteiger partial charge in [-0.1, -0.05) is 0 Å². The predicted octanol–water partition coefficient (Wildman–Crippen LogP) is 0.878. The SMILES string of the molecule is OCCC[C](CCCO)CCCO. The van der Waals surface area contributed by atoms with Crippen LogP contribution < -0.4 is 0 Å². The highest BCUT2D eigenvalue weighted by atomic mass is 16.3. The van der Waals surface area contributed by atoms with Crippen molar-refractivity contribution in [1.82, 2.24) is 0 Å². The number of hydrogen-bond donors (Lipinski definition) is 3. The van der Waals surface area contributed by atoms with Crippen molar-refractivity contribution < 1.29 is 15.3 Å². The van der Waals surface area contributed by atoms with E-state index in [4.69, 9.17) is 15.3 Å². The van der Waals surface area contributed by atoms with Crippen molar-refractivity contribution >= 4 is 0 Å². The first-order valence-electron chi connectivity index (χ1n) is 5.01. The Balaban J connectivity index is 3.47. The van der Waals surface area contributed by atoms with Crippen LogP contribution in [0.4, 0.5) is 0 Å². The molecule has 0 atom stereocenters. The molecule has 0 aromatic rings. The number of aliphatic hydroxyl groups is 3. The van der Waals surface area contributed by atoms with E-state index in [1.807, 2.05) is 0 Å². The summed E-state index contributed by atoms with van der Waals surface area (Å²) in [6, 6.07) is 0. The summed E-state index contributed by atoms with van der Waals surface area (Å²) in [6.45, 7) is 0.672. The van der Waals surface area contributed by atoms with Gasteiger partial charge >= 0.3 is 0 Å². The quantitative estimate of drug-likeness (QED) is 0.504. The normalized spacial score (nSPS) is 11.1. The van der Waals surface area contributed by atoms with Gasteiger partial charge in [-0.3, -0.25) is 0 Å². The average Bonchev–Trinajstić information content (AvgIpc) is 2.17. The smallest absolute Gasteiger partial charge is 0.0431 e. The fourth-order valence-electron chi connectivity index (χ4n) is 1.36. The Morgan fingerprint density at radius 2 is 0.923 bits per heavy atom. The van der Waals surface area contributed by atoms with Gasteiger partial charge in [0.05, 0.1) is 0 Å². The summed E-state index contributed by atoms with van der Waals surface area (Å²) in [7, 11) is 0. The van der Waals surface area contributed by atoms with Crippen LogP contribution in [0.1, 0.15) is 38.5 Å². The Labute approximate surface area is 80.4 Å². The lowest BCUT2D eigenvalue weighted by Gasteiger charge is -2.14. The molecule has 3 nitrogen and oxygen atoms in total. The fourth-order valence-corrected chi connectivity index (χ4v) is 1.36. The molecule has 0 saturated heterocycles. The van der Waals surface area contributed by atoms with Gasteiger partial charge in [-0.2, -0.15) is 0 Å². The molecule has 0 aromatic heterocycles. The van der Waals surface area contributed by atoms with Crippen LogP contribution in [-0.4, -0.2) is 35.1 Å². The molecule has 0 bridgehead atoms. The fraction of sp³-hybridized carbons (Fsp3) is 0.900. The van der Waals surface area contributed by atoms with Gasteiger partial charge in [0.25, 0.3) is 0 Å². The molecule has 0 saturated carbocycles. The molecule has 0 spiro atoms. The molecule has 3 heteroatoms. The Hall–Kier alpha value is -0.120. The maximum absolute atomic E-state index is 8.65. The van der Waals surface area contributed by atoms with E-state index >= 15 is 0 Å². The molecule has 0 aliphatic heterocycles. The minimum Gasteiger partial charge on any atom is -0.396 e. The van der Waals surface area contributed by atoms with Gasteiger partial charge in [-0.15, -0.1) is 0 Å². The van der Waals surface area contributed by atoms with Crippen molar-refractivity contribution in [3.8, 4) is 0 Å². The summed E-state index contributed by atoms with van der Waals surface area (Å²) in [6.07, 6.45) is 5.17. The molecular formula is C10H21O3. The minimum absolute atomic E-state index is 0.224. The van der Waals surface area contributed by atoms with Crippen LogP contribution in [0.3, 0.4) is 0 Å². The van der Waals surface area contributed by atoms with E-state index in [0.717, 1.165) is 38.5 Å². The average molecular weight is 189 g/mol. The first-order chi connectivity index (χ1) is 6.35. The molecule has 0 amide bonds. The second-order valence-electron chi connectivity index (χ2n) is 3.23. The molecule has 0 heterocycles. The zero-order valence-corrected chi connectivity index (χ0v) is 8.21. The van der Waals surface area contributed by atoms with Crippen LogP contribution in [0, 0.1) is 5.92 Å². The van der Waals surface area contributed by atoms with Crippen LogP contribution in [0.15, 0.2) is 0 Å². The van der Waals surface area contributed by atoms with E-state index in [9.17, 15) is 0 Å². The first-order valence-corrected chi connectivity index (χ1v) is 5.01. The lowest BCUT2D eigenvalue weighted by molar-refractivity contribution is 0.265. The highest BCUT2D eigenvalue weighted by molar-refractivity contribution is 4.88. The Bertz CT molecular complexity index is 77.2. The number of rotatable bonds is 9. The van der Waals surface area contributed by atoms with Gasteiger partial charge in [0.15, 0.2) is 0 Å². The van der Waals surface area contributed by atoms with Crippen molar-refractivity contribution in [3.05, 3.63) is 5.92 Å². The van der Waals surface area contributed by atoms with Crippen molar-refractivity contribution in [2.45, 2.75) is 38.5 Å². The molecule has 0 rings (SSSR count). The molecule has 79 valence electrons. The maximum Gasteiger partial charge on any atom is 0.0431 e. The van der Waals surface area contributed by atoms with Crippen molar-refractivity contribution in [3.63, 3.8) is 0 Å². The number of hydrogen-bond acceptors (Lipinski definition) is 3. The highest BCUT2D eigenvalue weighted by Crippen LogP contribution is 2.21. The van der Waals surface area contributed by atoms with Crippen LogP contribution >= 0.6 is 0 Å². The molecule has 0 aliphatic rings. The van der Waals surface area contributed by atoms with Crippen LogP contribution in [-0.2, 0) is 0 Å². The van der Waals surface area contributed by atoms with E-state index in [-0.39, 0.29) is 19.8 Å². The van der Waals surface area contributed by atoms with Gasteiger partial charge in [-0.05, 0) is 44.4 Å². The van der Waals surface area contributed by atoms with E-state index in [1.165, 1.54) is 5.92 Å². The van der Waals surface area contributed by atoms with E-state index in [1.54, 1.807) is 0 Å². The molecule has 0 unspecified atom stereocenters. The molecule has 0 fully saturated rings. The third kappa shape index (κ3) is 8.22. The van der Waals surface area contributed by atoms with Gasteiger partial charge in [0, 0.05) is 19.8 Å². The first kappa shape index (κ1) is 12.9. The van der Waals surface area contributed by atoms with Gasteiger partial charge in [0.1, 0.15) is 0 Å². The topological polar surface area (TPSA) is 60.7 Å². The third-order valence-electron chi connectivity index (χ3n) is 2.07. The largest absolute Gasteiger partial charge is 0.396 e. The van der Waals surface area contributed by atoms with Crippen molar-refractivity contribution in [2.24, 2.45) is 0 Å². The van der Waals surface area contributed by atoms with Gasteiger partial charge < -0.3 is 15.3 Å². The summed E-state index contributed by atoms with van der Waals surface area (Å²) in [5.41, 5.74) is 0. The van der Waals surface area contributed by atoms with Crippen LogP contribution in [0.2, 0.25) is 0 Å². The Kier molecular flexibility index (Phi) is 9.87. The molecule has 3 N–H and O–H groups in total. The molecule has 0 aromatic carbocycles. The van der Waals surface area contributed by atoms with E-state index in [0.29, 0.717) is 0 Å². The maximum atomic E-state index is 8.65. The summed E-state index contributed by atoms with van der Waals surface area (Å²) in [4.78, 5) is 0. The summed E-state index contributed by atoms with van der Waals surface area (Å²) in [5.74, 6) is 1.36. The summed E-state index contributed by atoms with van der Waals surface area (Å²) in [5, 5.41) is 26.0. The monoisotopic (exact) mass is 189 g/mol. The lowest BCUT2D eigenvalue weighted by Crippen LogP contribution is -2.02. The molecule has 13 heavy (non-hydrogen) atoms.